The topological polar surface area (TPSA) is 94.3 Å². The van der Waals surface area contributed by atoms with E-state index in [1.165, 1.54) is 0 Å². The molecule has 0 aliphatic carbocycles. The fourth-order valence-electron chi connectivity index (χ4n) is 2.44. The number of hydrogen-bond donors (Lipinski definition) is 2. The second-order valence-corrected chi connectivity index (χ2v) is 6.94. The molecule has 2 aromatic heterocycles. The molecular weight excluding hydrogens is 374 g/mol. The van der Waals surface area contributed by atoms with Gasteiger partial charge in [0.2, 0.25) is 0 Å². The summed E-state index contributed by atoms with van der Waals surface area (Å²) in [5.41, 5.74) is 7.90. The average Bonchev–Trinajstić information content (AvgIpc) is 2.92. The Kier molecular flexibility index (Phi) is 5.11. The minimum atomic E-state index is -0.488. The van der Waals surface area contributed by atoms with Gasteiger partial charge in [-0.15, -0.1) is 11.3 Å². The van der Waals surface area contributed by atoms with Crippen LogP contribution in [0.2, 0.25) is 5.02 Å². The molecule has 134 valence electrons. The molecule has 0 fully saturated rings. The first-order valence-corrected chi connectivity index (χ1v) is 9.03. The third kappa shape index (κ3) is 3.49. The highest BCUT2D eigenvalue weighted by Crippen LogP contribution is 2.34. The molecule has 0 bridgehead atoms. The Labute approximate surface area is 158 Å². The number of ether oxygens (including phenoxy) is 1. The molecule has 8 heteroatoms. The SMILES string of the molecule is CCOC(=O)c1sc2nc(C)c(C(=O)Nc3ccc(Cl)cc3)cc2c1N. The van der Waals surface area contributed by atoms with E-state index in [1.54, 1.807) is 44.2 Å². The molecule has 3 aromatic rings. The van der Waals surface area contributed by atoms with Crippen LogP contribution in [-0.4, -0.2) is 23.5 Å². The lowest BCUT2D eigenvalue weighted by atomic mass is 10.1. The van der Waals surface area contributed by atoms with Crippen molar-refractivity contribution in [1.82, 2.24) is 4.98 Å². The molecule has 0 radical (unpaired) electrons. The first kappa shape index (κ1) is 18.2. The largest absolute Gasteiger partial charge is 0.462 e. The number of thiophene rings is 1. The van der Waals surface area contributed by atoms with Gasteiger partial charge in [0.1, 0.15) is 9.71 Å². The fraction of sp³-hybridized carbons (Fsp3) is 0.167. The minimum Gasteiger partial charge on any atom is -0.462 e. The number of amides is 1. The molecule has 0 aliphatic heterocycles. The van der Waals surface area contributed by atoms with Crippen LogP contribution in [0.3, 0.4) is 0 Å². The average molecular weight is 390 g/mol. The zero-order chi connectivity index (χ0) is 18.8. The quantitative estimate of drug-likeness (QED) is 0.650. The maximum Gasteiger partial charge on any atom is 0.350 e. The summed E-state index contributed by atoms with van der Waals surface area (Å²) >= 11 is 7.01. The van der Waals surface area contributed by atoms with Crippen LogP contribution in [-0.2, 0) is 4.74 Å². The fourth-order valence-corrected chi connectivity index (χ4v) is 3.58. The number of anilines is 2. The summed E-state index contributed by atoms with van der Waals surface area (Å²) in [4.78, 5) is 29.9. The number of hydrogen-bond acceptors (Lipinski definition) is 6. The smallest absolute Gasteiger partial charge is 0.350 e. The highest BCUT2D eigenvalue weighted by Gasteiger charge is 2.21. The van der Waals surface area contributed by atoms with E-state index >= 15 is 0 Å². The second kappa shape index (κ2) is 7.31. The molecule has 3 rings (SSSR count). The van der Waals surface area contributed by atoms with Gasteiger partial charge >= 0.3 is 5.97 Å². The van der Waals surface area contributed by atoms with E-state index in [9.17, 15) is 9.59 Å². The Morgan fingerprint density at radius 1 is 1.31 bits per heavy atom. The monoisotopic (exact) mass is 389 g/mol. The van der Waals surface area contributed by atoms with Crippen molar-refractivity contribution in [3.05, 3.63) is 51.5 Å². The molecule has 26 heavy (non-hydrogen) atoms. The van der Waals surface area contributed by atoms with Gasteiger partial charge < -0.3 is 15.8 Å². The predicted octanol–water partition coefficient (Wildman–Crippen LogP) is 4.27. The van der Waals surface area contributed by atoms with Crippen LogP contribution in [0.15, 0.2) is 30.3 Å². The van der Waals surface area contributed by atoms with Gasteiger partial charge in [-0.3, -0.25) is 4.79 Å². The normalized spacial score (nSPS) is 10.7. The zero-order valence-electron chi connectivity index (χ0n) is 14.1. The van der Waals surface area contributed by atoms with Crippen molar-refractivity contribution < 1.29 is 14.3 Å². The lowest BCUT2D eigenvalue weighted by molar-refractivity contribution is 0.0533. The van der Waals surface area contributed by atoms with Crippen LogP contribution in [0, 0.1) is 6.92 Å². The highest BCUT2D eigenvalue weighted by molar-refractivity contribution is 7.21. The van der Waals surface area contributed by atoms with Crippen LogP contribution in [0.5, 0.6) is 0 Å². The van der Waals surface area contributed by atoms with E-state index in [0.29, 0.717) is 37.1 Å². The van der Waals surface area contributed by atoms with Crippen molar-refractivity contribution in [2.75, 3.05) is 17.7 Å². The highest BCUT2D eigenvalue weighted by atomic mass is 35.5. The number of pyridine rings is 1. The number of halogens is 1. The number of nitrogens with zero attached hydrogens (tertiary/aromatic N) is 1. The van der Waals surface area contributed by atoms with Gasteiger partial charge in [0.05, 0.1) is 23.6 Å². The van der Waals surface area contributed by atoms with E-state index in [1.807, 2.05) is 0 Å². The van der Waals surface area contributed by atoms with Gasteiger partial charge in [-0.1, -0.05) is 11.6 Å². The number of aromatic nitrogens is 1. The van der Waals surface area contributed by atoms with Crippen LogP contribution in [0.25, 0.3) is 10.2 Å². The first-order chi connectivity index (χ1) is 12.4. The molecular formula is C18H16ClN3O3S. The molecule has 2 heterocycles. The van der Waals surface area contributed by atoms with Crippen LogP contribution in [0.4, 0.5) is 11.4 Å². The van der Waals surface area contributed by atoms with E-state index in [-0.39, 0.29) is 18.2 Å². The maximum atomic E-state index is 12.6. The Hall–Kier alpha value is -2.64. The number of nitrogens with one attached hydrogen (secondary N) is 1. The number of esters is 1. The maximum absolute atomic E-state index is 12.6. The number of rotatable bonds is 4. The van der Waals surface area contributed by atoms with Crippen molar-refractivity contribution in [3.63, 3.8) is 0 Å². The Morgan fingerprint density at radius 3 is 2.65 bits per heavy atom. The molecule has 0 atom stereocenters. The van der Waals surface area contributed by atoms with E-state index in [0.717, 1.165) is 11.3 Å². The standard InChI is InChI=1S/C18H16ClN3O3S/c1-3-25-18(24)15-14(20)13-8-12(9(2)21-17(13)26-15)16(23)22-11-6-4-10(19)5-7-11/h4-8H,3,20H2,1-2H3,(H,22,23). The Morgan fingerprint density at radius 2 is 2.00 bits per heavy atom. The summed E-state index contributed by atoms with van der Waals surface area (Å²) in [5, 5.41) is 3.94. The molecule has 0 aliphatic rings. The van der Waals surface area contributed by atoms with Gasteiger partial charge in [-0.25, -0.2) is 9.78 Å². The number of carbonyl (C=O) groups excluding carboxylic acids is 2. The molecule has 0 saturated heterocycles. The summed E-state index contributed by atoms with van der Waals surface area (Å²) in [5.74, 6) is -0.805. The number of carbonyl (C=O) groups is 2. The number of benzene rings is 1. The molecule has 1 amide bonds. The van der Waals surface area contributed by atoms with Crippen molar-refractivity contribution in [1.29, 1.82) is 0 Å². The van der Waals surface area contributed by atoms with Crippen molar-refractivity contribution in [2.24, 2.45) is 0 Å². The van der Waals surface area contributed by atoms with Crippen LogP contribution >= 0.6 is 22.9 Å². The summed E-state index contributed by atoms with van der Waals surface area (Å²) < 4.78 is 5.01. The number of aryl methyl sites for hydroxylation is 1. The molecule has 3 N–H and O–H groups in total. The minimum absolute atomic E-state index is 0.258. The Balaban J connectivity index is 1.97. The van der Waals surface area contributed by atoms with Gasteiger partial charge in [0, 0.05) is 16.1 Å². The first-order valence-electron chi connectivity index (χ1n) is 7.84. The molecule has 0 saturated carbocycles. The summed E-state index contributed by atoms with van der Waals surface area (Å²) in [6, 6.07) is 8.44. The lowest BCUT2D eigenvalue weighted by Gasteiger charge is -2.08. The van der Waals surface area contributed by atoms with E-state index in [4.69, 9.17) is 22.1 Å². The zero-order valence-corrected chi connectivity index (χ0v) is 15.7. The lowest BCUT2D eigenvalue weighted by Crippen LogP contribution is -2.14. The number of nitrogen functional groups attached to an aromatic ring is 1. The van der Waals surface area contributed by atoms with Gasteiger partial charge in [0.15, 0.2) is 0 Å². The Bertz CT molecular complexity index is 999. The van der Waals surface area contributed by atoms with Crippen LogP contribution < -0.4 is 11.1 Å². The third-order valence-electron chi connectivity index (χ3n) is 3.72. The molecule has 0 spiro atoms. The molecule has 6 nitrogen and oxygen atoms in total. The van der Waals surface area contributed by atoms with E-state index in [2.05, 4.69) is 10.3 Å². The van der Waals surface area contributed by atoms with Gasteiger partial charge in [0.25, 0.3) is 5.91 Å². The molecule has 0 unspecified atom stereocenters. The third-order valence-corrected chi connectivity index (χ3v) is 5.07. The predicted molar refractivity (Wildman–Crippen MR) is 104 cm³/mol. The number of fused-ring (bicyclic) bond motifs is 1. The molecule has 1 aromatic carbocycles. The summed E-state index contributed by atoms with van der Waals surface area (Å²) in [6.45, 7) is 3.72. The van der Waals surface area contributed by atoms with Crippen molar-refractivity contribution in [3.8, 4) is 0 Å². The van der Waals surface area contributed by atoms with Crippen LogP contribution in [0.1, 0.15) is 32.6 Å². The summed E-state index contributed by atoms with van der Waals surface area (Å²) in [6.07, 6.45) is 0. The van der Waals surface area contributed by atoms with Crippen molar-refractivity contribution in [2.45, 2.75) is 13.8 Å². The van der Waals surface area contributed by atoms with Crippen molar-refractivity contribution >= 4 is 56.4 Å². The van der Waals surface area contributed by atoms with Gasteiger partial charge in [-0.2, -0.15) is 0 Å². The van der Waals surface area contributed by atoms with Gasteiger partial charge in [-0.05, 0) is 44.2 Å². The summed E-state index contributed by atoms with van der Waals surface area (Å²) in [7, 11) is 0. The number of nitrogens with two attached hydrogens (primary N) is 1. The van der Waals surface area contributed by atoms with E-state index < -0.39 is 5.97 Å². The second-order valence-electron chi connectivity index (χ2n) is 5.50.